The summed E-state index contributed by atoms with van der Waals surface area (Å²) < 4.78 is 52.7. The van der Waals surface area contributed by atoms with E-state index in [1.54, 1.807) is 60.8 Å². The molecule has 3 aromatic rings. The molecule has 0 aliphatic carbocycles. The van der Waals surface area contributed by atoms with E-state index in [9.17, 15) is 16.8 Å². The highest BCUT2D eigenvalue weighted by atomic mass is 79.9. The van der Waals surface area contributed by atoms with E-state index in [2.05, 4.69) is 41.8 Å². The van der Waals surface area contributed by atoms with Gasteiger partial charge < -0.3 is 4.90 Å². The first-order valence-electron chi connectivity index (χ1n) is 11.1. The average Bonchev–Trinajstić information content (AvgIpc) is 2.87. The van der Waals surface area contributed by atoms with Crippen LogP contribution < -0.4 is 4.72 Å². The second kappa shape index (κ2) is 14.9. The lowest BCUT2D eigenvalue weighted by atomic mass is 10.3. The molecular weight excluding hydrogens is 632 g/mol. The molecule has 8 nitrogen and oxygen atoms in total. The average molecular weight is 662 g/mol. The van der Waals surface area contributed by atoms with Crippen LogP contribution in [-0.4, -0.2) is 63.8 Å². The maximum absolute atomic E-state index is 12.2. The topological polar surface area (TPSA) is 99.7 Å². The van der Waals surface area contributed by atoms with Crippen LogP contribution in [0.2, 0.25) is 0 Å². The van der Waals surface area contributed by atoms with E-state index in [0.717, 1.165) is 18.7 Å². The van der Waals surface area contributed by atoms with Crippen LogP contribution in [0.25, 0.3) is 0 Å². The lowest BCUT2D eigenvalue weighted by Crippen LogP contribution is -2.27. The van der Waals surface area contributed by atoms with Crippen molar-refractivity contribution in [1.29, 1.82) is 0 Å². The van der Waals surface area contributed by atoms with E-state index in [1.807, 2.05) is 37.2 Å². The van der Waals surface area contributed by atoms with Crippen LogP contribution in [0.4, 0.5) is 0 Å². The van der Waals surface area contributed by atoms with Gasteiger partial charge in [0.2, 0.25) is 10.0 Å². The molecule has 0 atom stereocenters. The Balaban J connectivity index is 0.000000255. The summed E-state index contributed by atoms with van der Waals surface area (Å²) >= 11 is 6.35. The van der Waals surface area contributed by atoms with Gasteiger partial charge in [0.15, 0.2) is 0 Å². The van der Waals surface area contributed by atoms with Crippen molar-refractivity contribution in [1.82, 2.24) is 17.9 Å². The van der Waals surface area contributed by atoms with Crippen molar-refractivity contribution in [2.45, 2.75) is 22.6 Å². The zero-order valence-corrected chi connectivity index (χ0v) is 24.9. The standard InChI is InChI=1S/C13H13BrN2O2S.C11H17BrN2O2S/c14-16(11-9-12-6-4-5-10-15-12)19(17,18)13-7-2-1-3-8-13;1-14(2)9-5-8-13-17(15,16)11-7-4-3-6-10(11)12/h1-8,10H,9,11H2;3-4,6-7,13H,5,8-9H2,1-2H3. The van der Waals surface area contributed by atoms with E-state index in [-0.39, 0.29) is 9.79 Å². The lowest BCUT2D eigenvalue weighted by Gasteiger charge is -2.14. The van der Waals surface area contributed by atoms with E-state index in [1.165, 1.54) is 3.33 Å². The fraction of sp³-hybridized carbons (Fsp3) is 0.292. The lowest BCUT2D eigenvalue weighted by molar-refractivity contribution is 0.400. The quantitative estimate of drug-likeness (QED) is 0.243. The van der Waals surface area contributed by atoms with Gasteiger partial charge in [-0.15, -0.1) is 3.33 Å². The van der Waals surface area contributed by atoms with Crippen LogP contribution in [0.5, 0.6) is 0 Å². The second-order valence-electron chi connectivity index (χ2n) is 7.89. The molecule has 0 aliphatic rings. The minimum atomic E-state index is -3.49. The first kappa shape index (κ1) is 30.6. The molecule has 2 aromatic carbocycles. The van der Waals surface area contributed by atoms with E-state index < -0.39 is 20.0 Å². The number of halogens is 2. The summed E-state index contributed by atoms with van der Waals surface area (Å²) in [6.45, 7) is 1.63. The van der Waals surface area contributed by atoms with Gasteiger partial charge in [-0.1, -0.05) is 36.4 Å². The van der Waals surface area contributed by atoms with Crippen molar-refractivity contribution in [3.8, 4) is 0 Å². The zero-order valence-electron chi connectivity index (χ0n) is 20.1. The first-order valence-corrected chi connectivity index (χ1v) is 15.5. The molecule has 1 aromatic heterocycles. The van der Waals surface area contributed by atoms with Crippen LogP contribution in [0.1, 0.15) is 12.1 Å². The number of sulfonamides is 2. The smallest absolute Gasteiger partial charge is 0.252 e. The normalized spacial score (nSPS) is 11.8. The molecule has 1 heterocycles. The summed E-state index contributed by atoms with van der Waals surface area (Å²) in [5.41, 5.74) is 0.857. The van der Waals surface area contributed by atoms with Gasteiger partial charge in [-0.3, -0.25) is 4.98 Å². The molecule has 0 fully saturated rings. The SMILES string of the molecule is CN(C)CCCNS(=O)(=O)c1ccccc1Br.O=S(=O)(c1ccccc1)N(Br)CCc1ccccn1. The summed E-state index contributed by atoms with van der Waals surface area (Å²) in [6, 6.07) is 20.7. The summed E-state index contributed by atoms with van der Waals surface area (Å²) in [5.74, 6) is 0. The molecule has 196 valence electrons. The number of rotatable bonds is 11. The van der Waals surface area contributed by atoms with E-state index >= 15 is 0 Å². The van der Waals surface area contributed by atoms with Crippen molar-refractivity contribution >= 4 is 52.1 Å². The van der Waals surface area contributed by atoms with Gasteiger partial charge in [0, 0.05) is 52.0 Å². The Morgan fingerprint density at radius 1 is 0.861 bits per heavy atom. The highest BCUT2D eigenvalue weighted by molar-refractivity contribution is 9.10. The summed E-state index contributed by atoms with van der Waals surface area (Å²) in [7, 11) is -2.97. The van der Waals surface area contributed by atoms with Gasteiger partial charge in [-0.25, -0.2) is 21.6 Å². The van der Waals surface area contributed by atoms with E-state index in [4.69, 9.17) is 0 Å². The Morgan fingerprint density at radius 2 is 1.50 bits per heavy atom. The fourth-order valence-electron chi connectivity index (χ4n) is 2.92. The van der Waals surface area contributed by atoms with Crippen LogP contribution in [0, 0.1) is 0 Å². The largest absolute Gasteiger partial charge is 0.309 e. The van der Waals surface area contributed by atoms with Crippen LogP contribution in [0.15, 0.2) is 93.3 Å². The minimum Gasteiger partial charge on any atom is -0.309 e. The highest BCUT2D eigenvalue weighted by Gasteiger charge is 2.21. The maximum atomic E-state index is 12.2. The van der Waals surface area contributed by atoms with E-state index in [0.29, 0.717) is 24.0 Å². The number of hydrogen-bond donors (Lipinski definition) is 1. The molecular formula is C24H30Br2N4O4S2. The predicted octanol–water partition coefficient (Wildman–Crippen LogP) is 4.30. The van der Waals surface area contributed by atoms with Crippen molar-refractivity contribution in [2.75, 3.05) is 33.7 Å². The molecule has 0 amide bonds. The number of aromatic nitrogens is 1. The molecule has 12 heteroatoms. The van der Waals surface area contributed by atoms with Gasteiger partial charge in [0.25, 0.3) is 10.0 Å². The van der Waals surface area contributed by atoms with Gasteiger partial charge in [-0.05, 0) is 79.4 Å². The van der Waals surface area contributed by atoms with Crippen LogP contribution >= 0.6 is 32.1 Å². The number of benzene rings is 2. The Morgan fingerprint density at radius 3 is 2.11 bits per heavy atom. The number of nitrogens with zero attached hydrogens (tertiary/aromatic N) is 3. The Labute approximate surface area is 231 Å². The third-order valence-corrected chi connectivity index (χ3v) is 10.3. The van der Waals surface area contributed by atoms with Crippen molar-refractivity contribution < 1.29 is 16.8 Å². The second-order valence-corrected chi connectivity index (χ2v) is 13.7. The molecule has 0 saturated heterocycles. The maximum Gasteiger partial charge on any atom is 0.252 e. The Bertz CT molecular complexity index is 1280. The zero-order chi connectivity index (χ0) is 26.6. The first-order chi connectivity index (χ1) is 17.0. The molecule has 0 unspecified atom stereocenters. The minimum absolute atomic E-state index is 0.271. The molecule has 0 spiro atoms. The van der Waals surface area contributed by atoms with Crippen molar-refractivity contribution in [2.24, 2.45) is 0 Å². The number of pyridine rings is 1. The fourth-order valence-corrected chi connectivity index (χ4v) is 6.73. The van der Waals surface area contributed by atoms with Crippen molar-refractivity contribution in [3.63, 3.8) is 0 Å². The third kappa shape index (κ3) is 10.0. The third-order valence-electron chi connectivity index (χ3n) is 4.77. The highest BCUT2D eigenvalue weighted by Crippen LogP contribution is 2.21. The number of nitrogens with one attached hydrogen (secondary N) is 1. The molecule has 0 aliphatic heterocycles. The van der Waals surface area contributed by atoms with Crippen LogP contribution in [0.3, 0.4) is 0 Å². The predicted molar refractivity (Wildman–Crippen MR) is 150 cm³/mol. The Hall–Kier alpha value is -1.67. The summed E-state index contributed by atoms with van der Waals surface area (Å²) in [6.07, 6.45) is 3.04. The monoisotopic (exact) mass is 660 g/mol. The molecule has 0 radical (unpaired) electrons. The molecule has 0 saturated carbocycles. The molecule has 36 heavy (non-hydrogen) atoms. The van der Waals surface area contributed by atoms with Crippen molar-refractivity contribution in [3.05, 3.63) is 89.2 Å². The Kier molecular flexibility index (Phi) is 12.7. The van der Waals surface area contributed by atoms with Crippen LogP contribution in [-0.2, 0) is 26.5 Å². The van der Waals surface area contributed by atoms with Gasteiger partial charge in [0.1, 0.15) is 0 Å². The molecule has 1 N–H and O–H groups in total. The summed E-state index contributed by atoms with van der Waals surface area (Å²) in [5, 5.41) is 0. The summed E-state index contributed by atoms with van der Waals surface area (Å²) in [4.78, 5) is 6.74. The van der Waals surface area contributed by atoms with Gasteiger partial charge >= 0.3 is 0 Å². The van der Waals surface area contributed by atoms with Gasteiger partial charge in [0.05, 0.1) is 9.79 Å². The van der Waals surface area contributed by atoms with Gasteiger partial charge in [-0.2, -0.15) is 0 Å². The molecule has 0 bridgehead atoms. The number of hydrogen-bond acceptors (Lipinski definition) is 6. The molecule has 3 rings (SSSR count).